The molecule has 0 amide bonds. The molecule has 18 heavy (non-hydrogen) atoms. The molecule has 2 aliphatic rings. The molecular formula is C13H24ClNO2S. The molecule has 2 aliphatic carbocycles. The van der Waals surface area contributed by atoms with Crippen LogP contribution >= 0.6 is 11.6 Å². The number of halogens is 1. The average molecular weight is 294 g/mol. The predicted molar refractivity (Wildman–Crippen MR) is 75.3 cm³/mol. The van der Waals surface area contributed by atoms with E-state index in [4.69, 9.17) is 11.6 Å². The van der Waals surface area contributed by atoms with E-state index in [1.165, 1.54) is 12.8 Å². The van der Waals surface area contributed by atoms with E-state index in [9.17, 15) is 8.42 Å². The van der Waals surface area contributed by atoms with Crippen LogP contribution in [0.15, 0.2) is 0 Å². The molecule has 0 bridgehead atoms. The largest absolute Gasteiger partial charge is 0.215 e. The SMILES string of the molecule is O=S(=O)(NCC1CCCC1CCl)C1CCCCC1. The molecule has 0 aliphatic heterocycles. The second kappa shape index (κ2) is 6.58. The maximum absolute atomic E-state index is 12.2. The van der Waals surface area contributed by atoms with E-state index in [1.807, 2.05) is 0 Å². The lowest BCUT2D eigenvalue weighted by Gasteiger charge is -2.24. The molecule has 2 atom stereocenters. The highest BCUT2D eigenvalue weighted by molar-refractivity contribution is 7.90. The Morgan fingerprint density at radius 2 is 1.61 bits per heavy atom. The second-order valence-electron chi connectivity index (χ2n) is 5.76. The van der Waals surface area contributed by atoms with Gasteiger partial charge in [-0.3, -0.25) is 0 Å². The fourth-order valence-electron chi connectivity index (χ4n) is 3.30. The molecule has 0 aromatic carbocycles. The standard InChI is InChI=1S/C13H24ClNO2S/c14-9-11-5-4-6-12(11)10-15-18(16,17)13-7-2-1-3-8-13/h11-13,15H,1-10H2. The Balaban J connectivity index is 1.84. The Morgan fingerprint density at radius 3 is 2.28 bits per heavy atom. The second-order valence-corrected chi connectivity index (χ2v) is 8.11. The lowest BCUT2D eigenvalue weighted by Crippen LogP contribution is -2.39. The number of rotatable bonds is 5. The van der Waals surface area contributed by atoms with Gasteiger partial charge in [-0.25, -0.2) is 13.1 Å². The predicted octanol–water partition coefficient (Wildman–Crippen LogP) is 2.89. The van der Waals surface area contributed by atoms with E-state index in [-0.39, 0.29) is 5.25 Å². The van der Waals surface area contributed by atoms with Crippen LogP contribution in [0, 0.1) is 11.8 Å². The third kappa shape index (κ3) is 3.61. The van der Waals surface area contributed by atoms with Crippen molar-refractivity contribution in [1.29, 1.82) is 0 Å². The van der Waals surface area contributed by atoms with Gasteiger partial charge in [-0.2, -0.15) is 0 Å². The maximum atomic E-state index is 12.2. The highest BCUT2D eigenvalue weighted by Gasteiger charge is 2.31. The van der Waals surface area contributed by atoms with Gasteiger partial charge in [0.2, 0.25) is 10.0 Å². The van der Waals surface area contributed by atoms with Gasteiger partial charge in [0.1, 0.15) is 0 Å². The highest BCUT2D eigenvalue weighted by Crippen LogP contribution is 2.32. The third-order valence-corrected chi connectivity index (χ3v) is 6.87. The van der Waals surface area contributed by atoms with Gasteiger partial charge in [-0.1, -0.05) is 25.7 Å². The third-order valence-electron chi connectivity index (χ3n) is 4.55. The lowest BCUT2D eigenvalue weighted by atomic mass is 9.98. The van der Waals surface area contributed by atoms with E-state index in [2.05, 4.69) is 4.72 Å². The van der Waals surface area contributed by atoms with Gasteiger partial charge in [-0.15, -0.1) is 11.6 Å². The van der Waals surface area contributed by atoms with Crippen LogP contribution in [-0.4, -0.2) is 26.1 Å². The summed E-state index contributed by atoms with van der Waals surface area (Å²) >= 11 is 5.92. The fraction of sp³-hybridized carbons (Fsp3) is 1.00. The van der Waals surface area contributed by atoms with Crippen LogP contribution in [0.5, 0.6) is 0 Å². The van der Waals surface area contributed by atoms with Crippen molar-refractivity contribution >= 4 is 21.6 Å². The van der Waals surface area contributed by atoms with Gasteiger partial charge in [-0.05, 0) is 37.5 Å². The summed E-state index contributed by atoms with van der Waals surface area (Å²) in [5, 5.41) is -0.151. The van der Waals surface area contributed by atoms with Gasteiger partial charge in [0.15, 0.2) is 0 Å². The van der Waals surface area contributed by atoms with Crippen molar-refractivity contribution in [2.24, 2.45) is 11.8 Å². The zero-order valence-corrected chi connectivity index (χ0v) is 12.5. The number of alkyl halides is 1. The molecule has 0 spiro atoms. The normalized spacial score (nSPS) is 30.7. The average Bonchev–Trinajstić information content (AvgIpc) is 2.85. The number of hydrogen-bond donors (Lipinski definition) is 1. The fourth-order valence-corrected chi connectivity index (χ4v) is 5.34. The molecule has 3 nitrogen and oxygen atoms in total. The van der Waals surface area contributed by atoms with E-state index < -0.39 is 10.0 Å². The van der Waals surface area contributed by atoms with E-state index in [0.717, 1.165) is 38.5 Å². The molecule has 0 saturated heterocycles. The molecule has 2 saturated carbocycles. The first kappa shape index (κ1) is 14.6. The Hall–Kier alpha value is 0.200. The molecule has 0 aromatic rings. The minimum absolute atomic E-state index is 0.151. The monoisotopic (exact) mass is 293 g/mol. The van der Waals surface area contributed by atoms with Crippen molar-refractivity contribution in [3.63, 3.8) is 0 Å². The summed E-state index contributed by atoms with van der Waals surface area (Å²) in [4.78, 5) is 0. The summed E-state index contributed by atoms with van der Waals surface area (Å²) in [5.41, 5.74) is 0. The first-order chi connectivity index (χ1) is 8.63. The Morgan fingerprint density at radius 1 is 0.944 bits per heavy atom. The quantitative estimate of drug-likeness (QED) is 0.792. The molecule has 2 unspecified atom stereocenters. The molecule has 0 heterocycles. The molecule has 106 valence electrons. The minimum atomic E-state index is -3.10. The molecule has 0 radical (unpaired) electrons. The van der Waals surface area contributed by atoms with Crippen LogP contribution in [0.3, 0.4) is 0 Å². The summed E-state index contributed by atoms with van der Waals surface area (Å²) in [7, 11) is -3.10. The van der Waals surface area contributed by atoms with Gasteiger partial charge < -0.3 is 0 Å². The van der Waals surface area contributed by atoms with Crippen molar-refractivity contribution in [1.82, 2.24) is 4.72 Å². The summed E-state index contributed by atoms with van der Waals surface area (Å²) in [5.74, 6) is 1.61. The highest BCUT2D eigenvalue weighted by atomic mass is 35.5. The zero-order chi connectivity index (χ0) is 13.0. The molecule has 5 heteroatoms. The Bertz CT molecular complexity index is 352. The summed E-state index contributed by atoms with van der Waals surface area (Å²) < 4.78 is 27.2. The van der Waals surface area contributed by atoms with Crippen molar-refractivity contribution < 1.29 is 8.42 Å². The minimum Gasteiger partial charge on any atom is -0.215 e. The molecule has 1 N–H and O–H groups in total. The maximum Gasteiger partial charge on any atom is 0.214 e. The molecule has 0 aromatic heterocycles. The summed E-state index contributed by atoms with van der Waals surface area (Å²) in [6, 6.07) is 0. The first-order valence-electron chi connectivity index (χ1n) is 7.18. The zero-order valence-electron chi connectivity index (χ0n) is 10.9. The Kier molecular flexibility index (Phi) is 5.34. The van der Waals surface area contributed by atoms with Gasteiger partial charge in [0, 0.05) is 12.4 Å². The lowest BCUT2D eigenvalue weighted by molar-refractivity contribution is 0.413. The number of nitrogens with one attached hydrogen (secondary N) is 1. The molecule has 2 fully saturated rings. The van der Waals surface area contributed by atoms with E-state index >= 15 is 0 Å². The van der Waals surface area contributed by atoms with Crippen LogP contribution in [-0.2, 0) is 10.0 Å². The summed E-state index contributed by atoms with van der Waals surface area (Å²) in [6.45, 7) is 0.593. The molecular weight excluding hydrogens is 270 g/mol. The first-order valence-corrected chi connectivity index (χ1v) is 9.26. The molecule has 2 rings (SSSR count). The number of hydrogen-bond acceptors (Lipinski definition) is 2. The van der Waals surface area contributed by atoms with Crippen molar-refractivity contribution in [2.75, 3.05) is 12.4 Å². The van der Waals surface area contributed by atoms with Crippen molar-refractivity contribution in [2.45, 2.75) is 56.6 Å². The van der Waals surface area contributed by atoms with Crippen molar-refractivity contribution in [3.8, 4) is 0 Å². The van der Waals surface area contributed by atoms with Crippen LogP contribution in [0.4, 0.5) is 0 Å². The van der Waals surface area contributed by atoms with E-state index in [0.29, 0.717) is 24.3 Å². The van der Waals surface area contributed by atoms with Crippen LogP contribution in [0.2, 0.25) is 0 Å². The smallest absolute Gasteiger partial charge is 0.214 e. The van der Waals surface area contributed by atoms with Gasteiger partial charge in [0.05, 0.1) is 5.25 Å². The van der Waals surface area contributed by atoms with Crippen LogP contribution in [0.25, 0.3) is 0 Å². The van der Waals surface area contributed by atoms with Crippen LogP contribution < -0.4 is 4.72 Å². The Labute approximate surface area is 116 Å². The number of sulfonamides is 1. The summed E-state index contributed by atoms with van der Waals surface area (Å²) in [6.07, 6.45) is 8.41. The van der Waals surface area contributed by atoms with Crippen molar-refractivity contribution in [3.05, 3.63) is 0 Å². The van der Waals surface area contributed by atoms with Crippen LogP contribution in [0.1, 0.15) is 51.4 Å². The van der Waals surface area contributed by atoms with Gasteiger partial charge in [0.25, 0.3) is 0 Å². The topological polar surface area (TPSA) is 46.2 Å². The van der Waals surface area contributed by atoms with E-state index in [1.54, 1.807) is 0 Å². The van der Waals surface area contributed by atoms with Gasteiger partial charge >= 0.3 is 0 Å².